The predicted molar refractivity (Wildman–Crippen MR) is 132 cm³/mol. The van der Waals surface area contributed by atoms with E-state index in [-0.39, 0.29) is 18.0 Å². The zero-order chi connectivity index (χ0) is 24.6. The lowest BCUT2D eigenvalue weighted by Crippen LogP contribution is -2.43. The van der Waals surface area contributed by atoms with Gasteiger partial charge in [0.1, 0.15) is 11.6 Å². The van der Waals surface area contributed by atoms with Gasteiger partial charge in [0.2, 0.25) is 5.88 Å². The smallest absolute Gasteiger partial charge is 0.317 e. The molecule has 1 N–H and O–H groups in total. The van der Waals surface area contributed by atoms with Gasteiger partial charge in [0, 0.05) is 19.7 Å². The molecule has 3 aromatic rings. The van der Waals surface area contributed by atoms with E-state index in [4.69, 9.17) is 14.6 Å². The van der Waals surface area contributed by atoms with Gasteiger partial charge in [-0.25, -0.2) is 13.9 Å². The monoisotopic (exact) mass is 480 g/mol. The van der Waals surface area contributed by atoms with Gasteiger partial charge in [0.25, 0.3) is 0 Å². The molecule has 2 amide bonds. The van der Waals surface area contributed by atoms with E-state index < -0.39 is 0 Å². The Balaban J connectivity index is 1.73. The van der Waals surface area contributed by atoms with E-state index in [1.165, 1.54) is 12.1 Å². The van der Waals surface area contributed by atoms with E-state index in [0.717, 1.165) is 37.1 Å². The summed E-state index contributed by atoms with van der Waals surface area (Å²) in [6.45, 7) is 6.18. The summed E-state index contributed by atoms with van der Waals surface area (Å²) in [6, 6.07) is 15.5. The number of rotatable bonds is 10. The van der Waals surface area contributed by atoms with Crippen LogP contribution < -0.4 is 10.1 Å². The first kappa shape index (κ1) is 24.7. The van der Waals surface area contributed by atoms with Crippen LogP contribution in [0.4, 0.5) is 9.18 Å². The topological polar surface area (TPSA) is 68.6 Å². The number of ether oxygens (including phenoxy) is 2. The highest BCUT2D eigenvalue weighted by Crippen LogP contribution is 2.32. The standard InChI is InChI=1S/C27H33FN4O3/c1-3-16-29-27(33)31(18-23-11-8-17-34-23)19-24-25(4-2)30-32(21-14-12-20(28)13-15-21)26(24)35-22-9-6-5-7-10-22/h5-7,9-10,12-15,23H,3-4,8,11,16-19H2,1-2H3,(H,29,33). The van der Waals surface area contributed by atoms with E-state index in [9.17, 15) is 9.18 Å². The number of hydrogen-bond donors (Lipinski definition) is 1. The second kappa shape index (κ2) is 11.8. The summed E-state index contributed by atoms with van der Waals surface area (Å²) in [4.78, 5) is 14.9. The molecule has 8 heteroatoms. The van der Waals surface area contributed by atoms with Crippen molar-refractivity contribution in [2.24, 2.45) is 0 Å². The highest BCUT2D eigenvalue weighted by Gasteiger charge is 2.27. The molecule has 0 aliphatic carbocycles. The van der Waals surface area contributed by atoms with Gasteiger partial charge < -0.3 is 19.7 Å². The molecule has 0 bridgehead atoms. The van der Waals surface area contributed by atoms with Crippen molar-refractivity contribution in [3.8, 4) is 17.3 Å². The van der Waals surface area contributed by atoms with Crippen molar-refractivity contribution in [2.45, 2.75) is 52.2 Å². The van der Waals surface area contributed by atoms with Crippen LogP contribution in [0.3, 0.4) is 0 Å². The van der Waals surface area contributed by atoms with Gasteiger partial charge >= 0.3 is 6.03 Å². The lowest BCUT2D eigenvalue weighted by Gasteiger charge is -2.26. The molecule has 0 spiro atoms. The molecule has 4 rings (SSSR count). The van der Waals surface area contributed by atoms with Gasteiger partial charge in [-0.3, -0.25) is 0 Å². The Kier molecular flexibility index (Phi) is 8.36. The molecule has 1 unspecified atom stereocenters. The quantitative estimate of drug-likeness (QED) is 0.418. The zero-order valence-corrected chi connectivity index (χ0v) is 20.4. The number of benzene rings is 2. The minimum atomic E-state index is -0.322. The average Bonchev–Trinajstić information content (AvgIpc) is 3.51. The summed E-state index contributed by atoms with van der Waals surface area (Å²) in [5.74, 6) is 0.846. The molecular weight excluding hydrogens is 447 g/mol. The minimum absolute atomic E-state index is 0.0121. The molecule has 35 heavy (non-hydrogen) atoms. The van der Waals surface area contributed by atoms with Gasteiger partial charge in [-0.15, -0.1) is 0 Å². The van der Waals surface area contributed by atoms with Crippen molar-refractivity contribution in [1.29, 1.82) is 0 Å². The number of hydrogen-bond acceptors (Lipinski definition) is 4. The summed E-state index contributed by atoms with van der Waals surface area (Å²) in [5.41, 5.74) is 2.32. The fourth-order valence-electron chi connectivity index (χ4n) is 4.17. The van der Waals surface area contributed by atoms with E-state index in [1.807, 2.05) is 44.2 Å². The molecule has 1 aliphatic rings. The van der Waals surface area contributed by atoms with Crippen LogP contribution in [0, 0.1) is 5.82 Å². The van der Waals surface area contributed by atoms with Gasteiger partial charge in [0.05, 0.1) is 29.6 Å². The van der Waals surface area contributed by atoms with Crippen LogP contribution in [0.2, 0.25) is 0 Å². The molecule has 1 saturated heterocycles. The van der Waals surface area contributed by atoms with Crippen LogP contribution in [0.1, 0.15) is 44.4 Å². The highest BCUT2D eigenvalue weighted by molar-refractivity contribution is 5.74. The van der Waals surface area contributed by atoms with Gasteiger partial charge in [-0.05, 0) is 62.1 Å². The van der Waals surface area contributed by atoms with Crippen molar-refractivity contribution in [2.75, 3.05) is 19.7 Å². The van der Waals surface area contributed by atoms with Crippen molar-refractivity contribution in [1.82, 2.24) is 20.0 Å². The number of carbonyl (C=O) groups excluding carboxylic acids is 1. The van der Waals surface area contributed by atoms with E-state index >= 15 is 0 Å². The van der Waals surface area contributed by atoms with E-state index in [2.05, 4.69) is 5.32 Å². The molecule has 1 atom stereocenters. The fraction of sp³-hybridized carbons (Fsp3) is 0.407. The van der Waals surface area contributed by atoms with Crippen LogP contribution in [-0.2, 0) is 17.7 Å². The number of aromatic nitrogens is 2. The zero-order valence-electron chi connectivity index (χ0n) is 20.4. The maximum atomic E-state index is 13.6. The number of carbonyl (C=O) groups is 1. The maximum absolute atomic E-state index is 13.6. The van der Waals surface area contributed by atoms with E-state index in [1.54, 1.807) is 21.7 Å². The minimum Gasteiger partial charge on any atom is -0.439 e. The molecule has 1 fully saturated rings. The van der Waals surface area contributed by atoms with Crippen LogP contribution in [-0.4, -0.2) is 46.5 Å². The predicted octanol–water partition coefficient (Wildman–Crippen LogP) is 5.47. The Morgan fingerprint density at radius 3 is 2.63 bits per heavy atom. The van der Waals surface area contributed by atoms with Crippen molar-refractivity contribution < 1.29 is 18.7 Å². The van der Waals surface area contributed by atoms with Gasteiger partial charge in [-0.1, -0.05) is 32.0 Å². The lowest BCUT2D eigenvalue weighted by atomic mass is 10.1. The van der Waals surface area contributed by atoms with Crippen LogP contribution in [0.15, 0.2) is 54.6 Å². The number of halogens is 1. The Bertz CT molecular complexity index is 1100. The Morgan fingerprint density at radius 1 is 1.20 bits per heavy atom. The number of nitrogens with one attached hydrogen (secondary N) is 1. The summed E-state index contributed by atoms with van der Waals surface area (Å²) < 4.78 is 27.5. The third-order valence-corrected chi connectivity index (χ3v) is 5.99. The van der Waals surface area contributed by atoms with Crippen LogP contribution in [0.5, 0.6) is 11.6 Å². The first-order chi connectivity index (χ1) is 17.1. The first-order valence-corrected chi connectivity index (χ1v) is 12.3. The number of para-hydroxylation sites is 1. The van der Waals surface area contributed by atoms with Gasteiger partial charge in [-0.2, -0.15) is 5.10 Å². The van der Waals surface area contributed by atoms with Crippen LogP contribution in [0.25, 0.3) is 5.69 Å². The Labute approximate surface area is 205 Å². The van der Waals surface area contributed by atoms with Crippen LogP contribution >= 0.6 is 0 Å². The molecule has 1 aromatic heterocycles. The SMILES string of the molecule is CCCNC(=O)N(Cc1c(CC)nn(-c2ccc(F)cc2)c1Oc1ccccc1)CC1CCCO1. The number of amides is 2. The van der Waals surface area contributed by atoms with E-state index in [0.29, 0.717) is 43.4 Å². The highest BCUT2D eigenvalue weighted by atomic mass is 19.1. The molecular formula is C27H33FN4O3. The molecule has 2 aromatic carbocycles. The van der Waals surface area contributed by atoms with Crippen molar-refractivity contribution in [3.63, 3.8) is 0 Å². The number of urea groups is 1. The second-order valence-corrected chi connectivity index (χ2v) is 8.63. The molecule has 0 saturated carbocycles. The fourth-order valence-corrected chi connectivity index (χ4v) is 4.17. The third kappa shape index (κ3) is 6.19. The second-order valence-electron chi connectivity index (χ2n) is 8.63. The Hall–Kier alpha value is -3.39. The summed E-state index contributed by atoms with van der Waals surface area (Å²) >= 11 is 0. The average molecular weight is 481 g/mol. The molecule has 7 nitrogen and oxygen atoms in total. The molecule has 186 valence electrons. The Morgan fingerprint density at radius 2 is 1.97 bits per heavy atom. The third-order valence-electron chi connectivity index (χ3n) is 5.99. The number of nitrogens with zero attached hydrogens (tertiary/aromatic N) is 3. The van der Waals surface area contributed by atoms with Crippen molar-refractivity contribution in [3.05, 3.63) is 71.7 Å². The van der Waals surface area contributed by atoms with Crippen molar-refractivity contribution >= 4 is 6.03 Å². The molecule has 0 radical (unpaired) electrons. The normalized spacial score (nSPS) is 15.2. The lowest BCUT2D eigenvalue weighted by molar-refractivity contribution is 0.0793. The molecule has 1 aliphatic heterocycles. The van der Waals surface area contributed by atoms with Gasteiger partial charge in [0.15, 0.2) is 0 Å². The molecule has 2 heterocycles. The first-order valence-electron chi connectivity index (χ1n) is 12.3. The summed E-state index contributed by atoms with van der Waals surface area (Å²) in [5, 5.41) is 7.81. The summed E-state index contributed by atoms with van der Waals surface area (Å²) in [6.07, 6.45) is 3.45. The largest absolute Gasteiger partial charge is 0.439 e. The summed E-state index contributed by atoms with van der Waals surface area (Å²) in [7, 11) is 0. The maximum Gasteiger partial charge on any atom is 0.317 e. The number of aryl methyl sites for hydroxylation is 1.